The molecule has 0 spiro atoms. The molecule has 0 aliphatic heterocycles. The lowest BCUT2D eigenvalue weighted by atomic mass is 9.79. The van der Waals surface area contributed by atoms with Crippen molar-refractivity contribution in [3.63, 3.8) is 0 Å². The van der Waals surface area contributed by atoms with Crippen molar-refractivity contribution in [2.24, 2.45) is 11.8 Å². The van der Waals surface area contributed by atoms with Gasteiger partial charge in [-0.05, 0) is 55.2 Å². The molecule has 2 saturated carbocycles. The van der Waals surface area contributed by atoms with E-state index >= 15 is 0 Å². The van der Waals surface area contributed by atoms with Crippen molar-refractivity contribution in [2.75, 3.05) is 7.11 Å². The van der Waals surface area contributed by atoms with Crippen molar-refractivity contribution in [3.8, 4) is 5.75 Å². The standard InChI is InChI=1S/C14H17ClO2/c1-17-13-7-11(4-5-12(13)15)14(16)8-9-2-3-10(14)6-9/h4-5,7,9-10,16H,2-3,6,8H2,1H3. The molecular weight excluding hydrogens is 236 g/mol. The summed E-state index contributed by atoms with van der Waals surface area (Å²) in [6, 6.07) is 5.65. The third-order valence-electron chi connectivity index (χ3n) is 4.47. The second-order valence-corrected chi connectivity index (χ2v) is 5.76. The van der Waals surface area contributed by atoms with Crippen LogP contribution in [0.4, 0.5) is 0 Å². The largest absolute Gasteiger partial charge is 0.495 e. The Balaban J connectivity index is 1.99. The predicted octanol–water partition coefficient (Wildman–Crippen LogP) is 3.36. The van der Waals surface area contributed by atoms with Gasteiger partial charge in [-0.2, -0.15) is 0 Å². The number of methoxy groups -OCH3 is 1. The van der Waals surface area contributed by atoms with E-state index in [9.17, 15) is 5.11 Å². The highest BCUT2D eigenvalue weighted by atomic mass is 35.5. The summed E-state index contributed by atoms with van der Waals surface area (Å²) >= 11 is 6.02. The SMILES string of the molecule is COc1cc(C2(O)CC3CCC2C3)ccc1Cl. The lowest BCUT2D eigenvalue weighted by Gasteiger charge is -2.33. The van der Waals surface area contributed by atoms with Gasteiger partial charge in [0.1, 0.15) is 5.75 Å². The van der Waals surface area contributed by atoms with E-state index in [1.54, 1.807) is 7.11 Å². The molecule has 0 amide bonds. The van der Waals surface area contributed by atoms with Gasteiger partial charge in [0.15, 0.2) is 0 Å². The summed E-state index contributed by atoms with van der Waals surface area (Å²) in [5.41, 5.74) is 0.312. The van der Waals surface area contributed by atoms with E-state index in [1.165, 1.54) is 12.8 Å². The molecule has 17 heavy (non-hydrogen) atoms. The minimum atomic E-state index is -0.652. The lowest BCUT2D eigenvalue weighted by molar-refractivity contribution is -0.0183. The van der Waals surface area contributed by atoms with E-state index in [-0.39, 0.29) is 0 Å². The van der Waals surface area contributed by atoms with Crippen LogP contribution in [0.15, 0.2) is 18.2 Å². The van der Waals surface area contributed by atoms with E-state index < -0.39 is 5.60 Å². The molecule has 0 saturated heterocycles. The number of benzene rings is 1. The van der Waals surface area contributed by atoms with Gasteiger partial charge in [0.05, 0.1) is 17.7 Å². The number of rotatable bonds is 2. The van der Waals surface area contributed by atoms with Gasteiger partial charge in [-0.25, -0.2) is 0 Å². The fourth-order valence-corrected chi connectivity index (χ4v) is 3.78. The van der Waals surface area contributed by atoms with Crippen molar-refractivity contribution in [1.82, 2.24) is 0 Å². The van der Waals surface area contributed by atoms with Gasteiger partial charge in [0.25, 0.3) is 0 Å². The van der Waals surface area contributed by atoms with E-state index in [4.69, 9.17) is 16.3 Å². The number of hydrogen-bond donors (Lipinski definition) is 1. The topological polar surface area (TPSA) is 29.5 Å². The normalized spacial score (nSPS) is 35.2. The molecule has 1 aromatic carbocycles. The van der Waals surface area contributed by atoms with Crippen LogP contribution >= 0.6 is 11.6 Å². The Morgan fingerprint density at radius 1 is 1.41 bits per heavy atom. The van der Waals surface area contributed by atoms with Gasteiger partial charge < -0.3 is 9.84 Å². The van der Waals surface area contributed by atoms with Crippen LogP contribution < -0.4 is 4.74 Å². The van der Waals surface area contributed by atoms with Crippen molar-refractivity contribution < 1.29 is 9.84 Å². The van der Waals surface area contributed by atoms with Crippen LogP contribution in [0, 0.1) is 11.8 Å². The van der Waals surface area contributed by atoms with E-state index in [0.29, 0.717) is 22.6 Å². The Morgan fingerprint density at radius 2 is 2.24 bits per heavy atom. The smallest absolute Gasteiger partial charge is 0.137 e. The quantitative estimate of drug-likeness (QED) is 0.875. The predicted molar refractivity (Wildman–Crippen MR) is 67.3 cm³/mol. The fraction of sp³-hybridized carbons (Fsp3) is 0.571. The van der Waals surface area contributed by atoms with Gasteiger partial charge >= 0.3 is 0 Å². The first-order valence-corrected chi connectivity index (χ1v) is 6.57. The summed E-state index contributed by atoms with van der Waals surface area (Å²) in [7, 11) is 1.61. The highest BCUT2D eigenvalue weighted by molar-refractivity contribution is 6.32. The third-order valence-corrected chi connectivity index (χ3v) is 4.78. The van der Waals surface area contributed by atoms with Crippen molar-refractivity contribution in [2.45, 2.75) is 31.3 Å². The van der Waals surface area contributed by atoms with E-state index in [2.05, 4.69) is 0 Å². The third kappa shape index (κ3) is 1.66. The van der Waals surface area contributed by atoms with Gasteiger partial charge in [0.2, 0.25) is 0 Å². The summed E-state index contributed by atoms with van der Waals surface area (Å²) in [5.74, 6) is 1.77. The first-order chi connectivity index (χ1) is 8.13. The molecule has 1 N–H and O–H groups in total. The molecule has 2 aliphatic rings. The molecule has 2 fully saturated rings. The van der Waals surface area contributed by atoms with Crippen LogP contribution in [0.25, 0.3) is 0 Å². The van der Waals surface area contributed by atoms with Crippen LogP contribution in [0.2, 0.25) is 5.02 Å². The molecule has 3 atom stereocenters. The Hall–Kier alpha value is -0.730. The minimum Gasteiger partial charge on any atom is -0.495 e. The first kappa shape index (κ1) is 11.4. The van der Waals surface area contributed by atoms with Gasteiger partial charge in [-0.1, -0.05) is 17.7 Å². The summed E-state index contributed by atoms with van der Waals surface area (Å²) in [4.78, 5) is 0. The number of fused-ring (bicyclic) bond motifs is 2. The van der Waals surface area contributed by atoms with Crippen LogP contribution in [-0.2, 0) is 5.60 Å². The maximum atomic E-state index is 10.9. The zero-order valence-electron chi connectivity index (χ0n) is 9.95. The molecule has 0 heterocycles. The molecule has 2 aliphatic carbocycles. The van der Waals surface area contributed by atoms with Crippen molar-refractivity contribution in [1.29, 1.82) is 0 Å². The Kier molecular flexibility index (Phi) is 2.60. The Morgan fingerprint density at radius 3 is 2.82 bits per heavy atom. The summed E-state index contributed by atoms with van der Waals surface area (Å²) in [6.45, 7) is 0. The second-order valence-electron chi connectivity index (χ2n) is 5.35. The number of aliphatic hydroxyl groups is 1. The van der Waals surface area contributed by atoms with Crippen LogP contribution in [-0.4, -0.2) is 12.2 Å². The maximum Gasteiger partial charge on any atom is 0.137 e. The van der Waals surface area contributed by atoms with Crippen LogP contribution in [0.3, 0.4) is 0 Å². The minimum absolute atomic E-state index is 0.415. The monoisotopic (exact) mass is 252 g/mol. The molecule has 1 aromatic rings. The molecule has 3 unspecified atom stereocenters. The van der Waals surface area contributed by atoms with Gasteiger partial charge in [-0.3, -0.25) is 0 Å². The number of ether oxygens (including phenoxy) is 1. The second kappa shape index (κ2) is 3.89. The summed E-state index contributed by atoms with van der Waals surface area (Å²) in [6.07, 6.45) is 4.48. The molecule has 3 rings (SSSR count). The molecule has 2 nitrogen and oxygen atoms in total. The maximum absolute atomic E-state index is 10.9. The van der Waals surface area contributed by atoms with Crippen molar-refractivity contribution >= 4 is 11.6 Å². The molecular formula is C14H17ClO2. The first-order valence-electron chi connectivity index (χ1n) is 6.20. The summed E-state index contributed by atoms with van der Waals surface area (Å²) < 4.78 is 5.23. The zero-order chi connectivity index (χ0) is 12.0. The average molecular weight is 253 g/mol. The van der Waals surface area contributed by atoms with Crippen LogP contribution in [0.5, 0.6) is 5.75 Å². The van der Waals surface area contributed by atoms with E-state index in [0.717, 1.165) is 18.4 Å². The Bertz CT molecular complexity index is 446. The zero-order valence-corrected chi connectivity index (χ0v) is 10.7. The molecule has 92 valence electrons. The lowest BCUT2D eigenvalue weighted by Crippen LogP contribution is -2.32. The fourth-order valence-electron chi connectivity index (χ4n) is 3.58. The highest BCUT2D eigenvalue weighted by Gasteiger charge is 2.50. The summed E-state index contributed by atoms with van der Waals surface area (Å²) in [5, 5.41) is 11.5. The van der Waals surface area contributed by atoms with Crippen molar-refractivity contribution in [3.05, 3.63) is 28.8 Å². The Labute approximate surface area is 107 Å². The van der Waals surface area contributed by atoms with Gasteiger partial charge in [0, 0.05) is 0 Å². The number of halogens is 1. The highest BCUT2D eigenvalue weighted by Crippen LogP contribution is 2.55. The van der Waals surface area contributed by atoms with Gasteiger partial charge in [-0.15, -0.1) is 0 Å². The van der Waals surface area contributed by atoms with Crippen LogP contribution in [0.1, 0.15) is 31.2 Å². The molecule has 3 heteroatoms. The number of hydrogen-bond acceptors (Lipinski definition) is 2. The molecule has 2 bridgehead atoms. The molecule has 0 radical (unpaired) electrons. The molecule has 0 aromatic heterocycles. The van der Waals surface area contributed by atoms with E-state index in [1.807, 2.05) is 18.2 Å². The average Bonchev–Trinajstić information content (AvgIpc) is 2.89.